The highest BCUT2D eigenvalue weighted by molar-refractivity contribution is 8.00. The first kappa shape index (κ1) is 20.5. The van der Waals surface area contributed by atoms with E-state index >= 15 is 0 Å². The average molecular weight is 413 g/mol. The Morgan fingerprint density at radius 1 is 1.10 bits per heavy atom. The summed E-state index contributed by atoms with van der Waals surface area (Å²) in [7, 11) is 1.77. The fraction of sp³-hybridized carbons (Fsp3) is 0.200. The van der Waals surface area contributed by atoms with Crippen LogP contribution in [0.3, 0.4) is 0 Å². The van der Waals surface area contributed by atoms with Crippen molar-refractivity contribution in [1.29, 1.82) is 0 Å². The van der Waals surface area contributed by atoms with Gasteiger partial charge in [0, 0.05) is 19.2 Å². The van der Waals surface area contributed by atoms with E-state index in [2.05, 4.69) is 20.8 Å². The van der Waals surface area contributed by atoms with Gasteiger partial charge in [-0.05, 0) is 36.8 Å². The zero-order valence-electron chi connectivity index (χ0n) is 15.9. The van der Waals surface area contributed by atoms with Gasteiger partial charge < -0.3 is 9.88 Å². The van der Waals surface area contributed by atoms with Crippen LogP contribution in [0, 0.1) is 5.82 Å². The molecule has 3 aromatic rings. The lowest BCUT2D eigenvalue weighted by Crippen LogP contribution is -2.41. The van der Waals surface area contributed by atoms with Crippen LogP contribution >= 0.6 is 11.8 Å². The first-order valence-corrected chi connectivity index (χ1v) is 9.83. The van der Waals surface area contributed by atoms with E-state index in [1.165, 1.54) is 23.9 Å². The van der Waals surface area contributed by atoms with Crippen LogP contribution in [0.15, 0.2) is 59.8 Å². The molecule has 1 atom stereocenters. The maximum absolute atomic E-state index is 13.2. The number of aromatic nitrogens is 3. The number of hydrogen-bond donors (Lipinski definition) is 2. The molecule has 0 fully saturated rings. The zero-order valence-corrected chi connectivity index (χ0v) is 16.7. The molecule has 0 aliphatic carbocycles. The number of hydrogen-bond acceptors (Lipinski definition) is 5. The Hall–Kier alpha value is -3.20. The van der Waals surface area contributed by atoms with Gasteiger partial charge in [0.2, 0.25) is 5.91 Å². The van der Waals surface area contributed by atoms with Crippen molar-refractivity contribution in [1.82, 2.24) is 25.4 Å². The van der Waals surface area contributed by atoms with Crippen LogP contribution in [-0.4, -0.2) is 33.2 Å². The van der Waals surface area contributed by atoms with Gasteiger partial charge >= 0.3 is 6.03 Å². The Morgan fingerprint density at radius 2 is 1.79 bits per heavy atom. The molecule has 1 heterocycles. The van der Waals surface area contributed by atoms with E-state index in [9.17, 15) is 14.0 Å². The van der Waals surface area contributed by atoms with Crippen molar-refractivity contribution in [3.63, 3.8) is 0 Å². The third-order valence-corrected chi connectivity index (χ3v) is 5.36. The summed E-state index contributed by atoms with van der Waals surface area (Å²) in [5, 5.41) is 13.0. The number of thioether (sulfide) groups is 1. The molecule has 0 bridgehead atoms. The molecule has 150 valence electrons. The fourth-order valence-corrected chi connectivity index (χ4v) is 3.66. The highest BCUT2D eigenvalue weighted by atomic mass is 32.2. The van der Waals surface area contributed by atoms with Gasteiger partial charge in [0.1, 0.15) is 11.1 Å². The molecule has 0 aliphatic heterocycles. The Balaban J connectivity index is 1.87. The van der Waals surface area contributed by atoms with Crippen LogP contribution in [-0.2, 0) is 11.8 Å². The molecule has 0 saturated carbocycles. The number of rotatable bonds is 6. The SMILES string of the molecule is CCNC(=O)NC(=O)[C@@H](Sc1nnc(-c2ccc(F)cc2)n1C)c1ccccc1. The van der Waals surface area contributed by atoms with E-state index in [1.54, 1.807) is 30.7 Å². The maximum Gasteiger partial charge on any atom is 0.321 e. The second kappa shape index (κ2) is 9.33. The van der Waals surface area contributed by atoms with Gasteiger partial charge in [0.25, 0.3) is 0 Å². The number of carbonyl (C=O) groups excluding carboxylic acids is 2. The number of amides is 3. The van der Waals surface area contributed by atoms with Crippen LogP contribution in [0.4, 0.5) is 9.18 Å². The van der Waals surface area contributed by atoms with Crippen molar-refractivity contribution in [2.45, 2.75) is 17.3 Å². The topological polar surface area (TPSA) is 88.9 Å². The zero-order chi connectivity index (χ0) is 20.8. The normalized spacial score (nSPS) is 11.7. The second-order valence-corrected chi connectivity index (χ2v) is 7.20. The minimum Gasteiger partial charge on any atom is -0.338 e. The van der Waals surface area contributed by atoms with Crippen LogP contribution < -0.4 is 10.6 Å². The lowest BCUT2D eigenvalue weighted by Gasteiger charge is -2.16. The smallest absolute Gasteiger partial charge is 0.321 e. The molecule has 0 unspecified atom stereocenters. The molecule has 1 aromatic heterocycles. The summed E-state index contributed by atoms with van der Waals surface area (Å²) in [5.74, 6) is -0.251. The van der Waals surface area contributed by atoms with Crippen molar-refractivity contribution >= 4 is 23.7 Å². The predicted octanol–water partition coefficient (Wildman–Crippen LogP) is 3.30. The molecule has 9 heteroatoms. The summed E-state index contributed by atoms with van der Waals surface area (Å²) >= 11 is 1.18. The minimum atomic E-state index is -0.706. The first-order chi connectivity index (χ1) is 14.0. The Labute approximate surface area is 171 Å². The highest BCUT2D eigenvalue weighted by Crippen LogP contribution is 2.35. The molecule has 7 nitrogen and oxygen atoms in total. The molecule has 3 amide bonds. The highest BCUT2D eigenvalue weighted by Gasteiger charge is 2.26. The van der Waals surface area contributed by atoms with E-state index in [-0.39, 0.29) is 5.82 Å². The number of imide groups is 1. The summed E-state index contributed by atoms with van der Waals surface area (Å²) in [6.07, 6.45) is 0. The molecule has 29 heavy (non-hydrogen) atoms. The van der Waals surface area contributed by atoms with Crippen molar-refractivity contribution in [2.75, 3.05) is 6.54 Å². The van der Waals surface area contributed by atoms with Gasteiger partial charge in [0.15, 0.2) is 11.0 Å². The maximum atomic E-state index is 13.2. The van der Waals surface area contributed by atoms with Gasteiger partial charge in [-0.2, -0.15) is 0 Å². The van der Waals surface area contributed by atoms with Crippen LogP contribution in [0.1, 0.15) is 17.7 Å². The van der Waals surface area contributed by atoms with Crippen LogP contribution in [0.5, 0.6) is 0 Å². The first-order valence-electron chi connectivity index (χ1n) is 8.95. The van der Waals surface area contributed by atoms with Crippen molar-refractivity contribution in [3.8, 4) is 11.4 Å². The van der Waals surface area contributed by atoms with E-state index in [4.69, 9.17) is 0 Å². The van der Waals surface area contributed by atoms with Crippen molar-refractivity contribution in [2.24, 2.45) is 7.05 Å². The number of benzene rings is 2. The molecule has 0 radical (unpaired) electrons. The number of carbonyl (C=O) groups is 2. The van der Waals surface area contributed by atoms with Crippen LogP contribution in [0.2, 0.25) is 0 Å². The molecule has 0 aliphatic rings. The van der Waals surface area contributed by atoms with Gasteiger partial charge in [-0.3, -0.25) is 10.1 Å². The minimum absolute atomic E-state index is 0.336. The second-order valence-electron chi connectivity index (χ2n) is 6.13. The fourth-order valence-electron chi connectivity index (χ4n) is 2.66. The third kappa shape index (κ3) is 5.00. The van der Waals surface area contributed by atoms with Gasteiger partial charge in [-0.15, -0.1) is 10.2 Å². The molecule has 3 rings (SSSR count). The lowest BCUT2D eigenvalue weighted by molar-refractivity contribution is -0.119. The van der Waals surface area contributed by atoms with E-state index in [0.29, 0.717) is 23.1 Å². The Morgan fingerprint density at radius 3 is 2.45 bits per heavy atom. The van der Waals surface area contributed by atoms with E-state index < -0.39 is 17.2 Å². The standard InChI is InChI=1S/C20H20FN5O2S/c1-3-22-19(28)23-18(27)16(13-7-5-4-6-8-13)29-20-25-24-17(26(20)2)14-9-11-15(21)12-10-14/h4-12,16H,3H2,1-2H3,(H2,22,23,27,28)/t16-/m0/s1. The third-order valence-electron chi connectivity index (χ3n) is 4.08. The number of urea groups is 1. The molecule has 2 N–H and O–H groups in total. The molecule has 0 saturated heterocycles. The Bertz CT molecular complexity index is 992. The molecular weight excluding hydrogens is 393 g/mol. The lowest BCUT2D eigenvalue weighted by atomic mass is 10.1. The van der Waals surface area contributed by atoms with Gasteiger partial charge in [-0.25, -0.2) is 9.18 Å². The molecule has 2 aromatic carbocycles. The summed E-state index contributed by atoms with van der Waals surface area (Å²) in [4.78, 5) is 24.6. The quantitative estimate of drug-likeness (QED) is 0.606. The van der Waals surface area contributed by atoms with E-state index in [1.807, 2.05) is 30.3 Å². The number of nitrogens with zero attached hydrogens (tertiary/aromatic N) is 3. The summed E-state index contributed by atoms with van der Waals surface area (Å²) in [6.45, 7) is 2.18. The predicted molar refractivity (Wildman–Crippen MR) is 109 cm³/mol. The van der Waals surface area contributed by atoms with Crippen molar-refractivity contribution in [3.05, 3.63) is 66.0 Å². The summed E-state index contributed by atoms with van der Waals surface area (Å²) in [5.41, 5.74) is 1.43. The van der Waals surface area contributed by atoms with Gasteiger partial charge in [0.05, 0.1) is 0 Å². The summed E-state index contributed by atoms with van der Waals surface area (Å²) in [6, 6.07) is 14.5. The molecular formula is C20H20FN5O2S. The summed E-state index contributed by atoms with van der Waals surface area (Å²) < 4.78 is 14.9. The van der Waals surface area contributed by atoms with Crippen molar-refractivity contribution < 1.29 is 14.0 Å². The van der Waals surface area contributed by atoms with Crippen LogP contribution in [0.25, 0.3) is 11.4 Å². The van der Waals surface area contributed by atoms with E-state index in [0.717, 1.165) is 5.56 Å². The average Bonchev–Trinajstić information content (AvgIpc) is 3.07. The number of nitrogens with one attached hydrogen (secondary N) is 2. The molecule has 0 spiro atoms. The largest absolute Gasteiger partial charge is 0.338 e. The number of halogens is 1. The van der Waals surface area contributed by atoms with Gasteiger partial charge in [-0.1, -0.05) is 42.1 Å². The Kier molecular flexibility index (Phi) is 6.61. The monoisotopic (exact) mass is 413 g/mol.